The van der Waals surface area contributed by atoms with Crippen LogP contribution in [0.25, 0.3) is 0 Å². The molecule has 0 radical (unpaired) electrons. The van der Waals surface area contributed by atoms with Crippen LogP contribution < -0.4 is 14.4 Å². The van der Waals surface area contributed by atoms with Crippen LogP contribution in [0.4, 0.5) is 14.5 Å². The number of fused-ring (bicyclic) bond motifs is 3. The van der Waals surface area contributed by atoms with E-state index >= 15 is 0 Å². The summed E-state index contributed by atoms with van der Waals surface area (Å²) in [6.07, 6.45) is 8.54. The van der Waals surface area contributed by atoms with Crippen LogP contribution in [0.3, 0.4) is 0 Å². The van der Waals surface area contributed by atoms with Gasteiger partial charge in [0.05, 0.1) is 31.3 Å². The summed E-state index contributed by atoms with van der Waals surface area (Å²) in [5.74, 6) is -3.53. The average molecular weight is 822 g/mol. The molecule has 2 N–H and O–H groups in total. The van der Waals surface area contributed by atoms with Gasteiger partial charge in [0.2, 0.25) is 5.91 Å². The second kappa shape index (κ2) is 17.7. The van der Waals surface area contributed by atoms with Crippen molar-refractivity contribution in [3.63, 3.8) is 0 Å². The van der Waals surface area contributed by atoms with Crippen molar-refractivity contribution in [2.24, 2.45) is 11.8 Å². The smallest absolute Gasteiger partial charge is 0.303 e. The fourth-order valence-corrected chi connectivity index (χ4v) is 8.69. The first kappa shape index (κ1) is 42.3. The zero-order valence-corrected chi connectivity index (χ0v) is 34.0. The van der Waals surface area contributed by atoms with Crippen LogP contribution in [0.2, 0.25) is 5.02 Å². The highest BCUT2D eigenvalue weighted by Gasteiger charge is 2.45. The second-order valence-electron chi connectivity index (χ2n) is 15.8. The lowest BCUT2D eigenvalue weighted by molar-refractivity contribution is -0.148. The Bertz CT molecular complexity index is 1880. The number of hydrogen-bond donors (Lipinski definition) is 2. The van der Waals surface area contributed by atoms with E-state index in [4.69, 9.17) is 21.1 Å². The van der Waals surface area contributed by atoms with Crippen LogP contribution in [-0.4, -0.2) is 118 Å². The molecule has 16 heteroatoms. The van der Waals surface area contributed by atoms with Gasteiger partial charge in [0, 0.05) is 59.0 Å². The summed E-state index contributed by atoms with van der Waals surface area (Å²) in [5.41, 5.74) is 0.193. The monoisotopic (exact) mass is 821 g/mol. The SMILES string of the molecule is CN1CC/C=C/[C@H](OCCCN2CC(F)(F)C2)[C@@H]2CC[C@H]2CN2CCCCc3cc(Cl)ccc3COc3ccc(cc32)C(O)(C(=O)NS(=O)(=O)N(C)C)CC1=O. The van der Waals surface area contributed by atoms with Gasteiger partial charge >= 0.3 is 10.2 Å². The number of benzene rings is 2. The maximum atomic E-state index is 13.9. The Kier molecular flexibility index (Phi) is 13.3. The first-order valence-corrected chi connectivity index (χ1v) is 21.3. The van der Waals surface area contributed by atoms with Crippen LogP contribution in [-0.2, 0) is 43.2 Å². The predicted molar refractivity (Wildman–Crippen MR) is 210 cm³/mol. The zero-order chi connectivity index (χ0) is 40.3. The van der Waals surface area contributed by atoms with Crippen molar-refractivity contribution in [2.45, 2.75) is 75.6 Å². The normalized spacial score (nSPS) is 26.8. The van der Waals surface area contributed by atoms with Crippen LogP contribution in [0.5, 0.6) is 5.75 Å². The Morgan fingerprint density at radius 3 is 2.61 bits per heavy atom. The van der Waals surface area contributed by atoms with Gasteiger partial charge < -0.3 is 24.4 Å². The van der Waals surface area contributed by atoms with Crippen LogP contribution >= 0.6 is 11.6 Å². The summed E-state index contributed by atoms with van der Waals surface area (Å²) in [6, 6.07) is 10.6. The molecule has 4 atom stereocenters. The fraction of sp³-hybridized carbons (Fsp3) is 0.600. The number of rotatable bonds is 8. The third-order valence-electron chi connectivity index (χ3n) is 11.5. The quantitative estimate of drug-likeness (QED) is 0.287. The van der Waals surface area contributed by atoms with Crippen molar-refractivity contribution < 1.29 is 41.4 Å². The Morgan fingerprint density at radius 1 is 1.11 bits per heavy atom. The fourth-order valence-electron chi connectivity index (χ4n) is 7.91. The van der Waals surface area contributed by atoms with Gasteiger partial charge in [0.25, 0.3) is 11.8 Å². The number of anilines is 1. The molecular formula is C40H54ClF2N5O7S. The summed E-state index contributed by atoms with van der Waals surface area (Å²) >= 11 is 6.38. The lowest BCUT2D eigenvalue weighted by atomic mass is 9.70. The minimum Gasteiger partial charge on any atom is -0.487 e. The van der Waals surface area contributed by atoms with E-state index in [0.717, 1.165) is 47.5 Å². The molecule has 2 aromatic rings. The molecule has 1 aliphatic carbocycles. The molecule has 1 unspecified atom stereocenters. The standard InChI is InChI=1S/C40H54ClF2N5O7S/c1-45(2)56(52,53)44-38(50)40(51)23-37(49)46(3)17-6-5-10-35(54-20-8-18-47-26-39(42,43)27-47)33-15-12-29(33)24-48-19-7-4-9-28-21-32(41)14-11-30(28)25-55-36-16-13-31(40)22-34(36)48/h5,10-11,13-14,16,21-22,29,33,35,51H,4,6-9,12,15,17-20,23-27H2,1-3H3,(H,44,50)/b10-5+/t29-,33+,35-,40?/m0/s1. The molecule has 12 nitrogen and oxygen atoms in total. The molecule has 2 fully saturated rings. The van der Waals surface area contributed by atoms with Gasteiger partial charge in [-0.05, 0) is 97.7 Å². The van der Waals surface area contributed by atoms with Crippen molar-refractivity contribution in [3.05, 3.63) is 70.3 Å². The lowest BCUT2D eigenvalue weighted by Crippen LogP contribution is -2.56. The van der Waals surface area contributed by atoms with Crippen LogP contribution in [0, 0.1) is 11.8 Å². The number of ether oxygens (including phenoxy) is 2. The summed E-state index contributed by atoms with van der Waals surface area (Å²) in [7, 11) is -0.241. The minimum absolute atomic E-state index is 0.0541. The van der Waals surface area contributed by atoms with Gasteiger partial charge in [-0.3, -0.25) is 14.5 Å². The van der Waals surface area contributed by atoms with Crippen LogP contribution in [0.15, 0.2) is 48.6 Å². The third-order valence-corrected chi connectivity index (χ3v) is 13.2. The summed E-state index contributed by atoms with van der Waals surface area (Å²) in [4.78, 5) is 33.0. The Balaban J connectivity index is 1.35. The molecule has 0 spiro atoms. The van der Waals surface area contributed by atoms with Crippen LogP contribution in [0.1, 0.15) is 61.6 Å². The van der Waals surface area contributed by atoms with Gasteiger partial charge in [0.1, 0.15) is 12.4 Å². The predicted octanol–water partition coefficient (Wildman–Crippen LogP) is 4.73. The van der Waals surface area contributed by atoms with E-state index in [0.29, 0.717) is 55.5 Å². The first-order valence-electron chi connectivity index (χ1n) is 19.4. The highest BCUT2D eigenvalue weighted by Crippen LogP contribution is 2.43. The van der Waals surface area contributed by atoms with E-state index in [2.05, 4.69) is 4.90 Å². The maximum absolute atomic E-state index is 13.9. The summed E-state index contributed by atoms with van der Waals surface area (Å²) < 4.78 is 68.3. The number of likely N-dealkylation sites (tertiary alicyclic amines) is 1. The first-order chi connectivity index (χ1) is 26.5. The molecule has 2 bridgehead atoms. The van der Waals surface area contributed by atoms with Crippen molar-refractivity contribution >= 4 is 39.3 Å². The summed E-state index contributed by atoms with van der Waals surface area (Å²) in [5, 5.41) is 12.9. The van der Waals surface area contributed by atoms with E-state index in [1.54, 1.807) is 24.1 Å². The number of halogens is 3. The molecule has 56 heavy (non-hydrogen) atoms. The topological polar surface area (TPSA) is 132 Å². The molecule has 1 saturated carbocycles. The molecule has 3 aliphatic heterocycles. The van der Waals surface area contributed by atoms with E-state index in [-0.39, 0.29) is 49.7 Å². The minimum atomic E-state index is -4.32. The third kappa shape index (κ3) is 10.0. The molecule has 4 aliphatic rings. The Labute approximate surface area is 333 Å². The van der Waals surface area contributed by atoms with E-state index < -0.39 is 40.0 Å². The number of aliphatic hydroxyl groups is 1. The molecule has 308 valence electrons. The Hall–Kier alpha value is -3.34. The lowest BCUT2D eigenvalue weighted by Gasteiger charge is -2.44. The molecule has 2 amide bonds. The average Bonchev–Trinajstić information content (AvgIpc) is 3.14. The molecule has 1 saturated heterocycles. The van der Waals surface area contributed by atoms with Gasteiger partial charge in [-0.1, -0.05) is 35.9 Å². The maximum Gasteiger partial charge on any atom is 0.303 e. The van der Waals surface area contributed by atoms with E-state index in [9.17, 15) is 31.9 Å². The van der Waals surface area contributed by atoms with Gasteiger partial charge in [-0.2, -0.15) is 12.7 Å². The number of carbonyl (C=O) groups excluding carboxylic acids is 2. The van der Waals surface area contributed by atoms with Gasteiger partial charge in [-0.25, -0.2) is 13.5 Å². The highest BCUT2D eigenvalue weighted by molar-refractivity contribution is 7.87. The van der Waals surface area contributed by atoms with Crippen molar-refractivity contribution in [1.82, 2.24) is 18.8 Å². The number of hydrogen-bond acceptors (Lipinski definition) is 9. The van der Waals surface area contributed by atoms with Crippen molar-refractivity contribution in [3.8, 4) is 5.75 Å². The van der Waals surface area contributed by atoms with Crippen molar-refractivity contribution in [1.29, 1.82) is 0 Å². The second-order valence-corrected chi connectivity index (χ2v) is 18.2. The number of alkyl halides is 2. The number of aryl methyl sites for hydroxylation is 1. The van der Waals surface area contributed by atoms with Gasteiger partial charge in [0.15, 0.2) is 5.60 Å². The molecule has 3 heterocycles. The van der Waals surface area contributed by atoms with Gasteiger partial charge in [-0.15, -0.1) is 0 Å². The molecular weight excluding hydrogens is 768 g/mol. The number of nitrogens with one attached hydrogen (secondary N) is 1. The zero-order valence-electron chi connectivity index (χ0n) is 32.4. The molecule has 6 rings (SSSR count). The summed E-state index contributed by atoms with van der Waals surface area (Å²) in [6.45, 7) is 2.27. The number of carbonyl (C=O) groups is 2. The number of amides is 2. The van der Waals surface area contributed by atoms with E-state index in [1.807, 2.05) is 35.1 Å². The highest BCUT2D eigenvalue weighted by atomic mass is 35.5. The molecule has 2 aromatic carbocycles. The van der Waals surface area contributed by atoms with Crippen molar-refractivity contribution in [2.75, 3.05) is 71.9 Å². The van der Waals surface area contributed by atoms with E-state index in [1.165, 1.54) is 25.1 Å². The largest absolute Gasteiger partial charge is 0.487 e. The number of nitrogens with zero attached hydrogens (tertiary/aromatic N) is 4. The Morgan fingerprint density at radius 2 is 1.89 bits per heavy atom. The molecule has 0 aromatic heterocycles.